The highest BCUT2D eigenvalue weighted by molar-refractivity contribution is 6.38. The second kappa shape index (κ2) is 16.4. The van der Waals surface area contributed by atoms with E-state index in [0.29, 0.717) is 18.5 Å². The summed E-state index contributed by atoms with van der Waals surface area (Å²) in [5, 5.41) is 10.8. The van der Waals surface area contributed by atoms with Crippen molar-refractivity contribution in [3.8, 4) is 0 Å². The molecule has 2 saturated carbocycles. The Bertz CT molecular complexity index is 1220. The summed E-state index contributed by atoms with van der Waals surface area (Å²) in [6.07, 6.45) is 7.05. The van der Waals surface area contributed by atoms with Crippen molar-refractivity contribution >= 4 is 35.5 Å². The van der Waals surface area contributed by atoms with Crippen molar-refractivity contribution in [2.45, 2.75) is 123 Å². The maximum Gasteiger partial charge on any atom is 0.333 e. The first-order chi connectivity index (χ1) is 22.1. The van der Waals surface area contributed by atoms with Crippen molar-refractivity contribution in [1.82, 2.24) is 26.2 Å². The van der Waals surface area contributed by atoms with Gasteiger partial charge in [-0.1, -0.05) is 65.5 Å². The van der Waals surface area contributed by atoms with E-state index in [9.17, 15) is 28.8 Å². The Morgan fingerprint density at radius 3 is 2.26 bits per heavy atom. The second-order valence-electron chi connectivity index (χ2n) is 14.2. The first-order valence-corrected chi connectivity index (χ1v) is 17.1. The molecular formula is C35H55N5O7. The molecule has 0 radical (unpaired) electrons. The molecule has 4 N–H and O–H groups in total. The fraction of sp³-hybridized carbons (Fsp3) is 0.714. The lowest BCUT2D eigenvalue weighted by Crippen LogP contribution is -2.61. The molecule has 0 aromatic rings. The first kappa shape index (κ1) is 37.8. The number of carbonyl (C=O) groups is 6. The summed E-state index contributed by atoms with van der Waals surface area (Å²) in [6, 6.07) is -4.63. The van der Waals surface area contributed by atoms with Crippen molar-refractivity contribution in [2.24, 2.45) is 23.2 Å². The number of nitrogens with one attached hydrogen (secondary N) is 4. The third kappa shape index (κ3) is 9.22. The molecule has 1 heterocycles. The summed E-state index contributed by atoms with van der Waals surface area (Å²) >= 11 is 0. The van der Waals surface area contributed by atoms with Crippen LogP contribution in [0.4, 0.5) is 4.79 Å². The molecule has 1 saturated heterocycles. The predicted molar refractivity (Wildman–Crippen MR) is 178 cm³/mol. The zero-order chi connectivity index (χ0) is 35.1. The number of hydrogen-bond donors (Lipinski definition) is 4. The van der Waals surface area contributed by atoms with Gasteiger partial charge in [0.2, 0.25) is 17.6 Å². The highest BCUT2D eigenvalue weighted by Gasteiger charge is 2.69. The van der Waals surface area contributed by atoms with E-state index in [1.807, 2.05) is 6.92 Å². The van der Waals surface area contributed by atoms with Gasteiger partial charge in [0.1, 0.15) is 18.1 Å². The van der Waals surface area contributed by atoms with Gasteiger partial charge < -0.3 is 30.9 Å². The zero-order valence-corrected chi connectivity index (χ0v) is 29.0. The van der Waals surface area contributed by atoms with E-state index in [1.54, 1.807) is 25.7 Å². The van der Waals surface area contributed by atoms with E-state index in [0.717, 1.165) is 38.5 Å². The predicted octanol–water partition coefficient (Wildman–Crippen LogP) is 3.16. The number of carbonyl (C=O) groups excluding carboxylic acids is 6. The smallest absolute Gasteiger partial charge is 0.333 e. The second-order valence-corrected chi connectivity index (χ2v) is 14.2. The molecule has 3 aliphatic rings. The summed E-state index contributed by atoms with van der Waals surface area (Å²) in [5.41, 5.74) is 0.190. The maximum atomic E-state index is 14.4. The van der Waals surface area contributed by atoms with Crippen LogP contribution in [-0.4, -0.2) is 83.8 Å². The average Bonchev–Trinajstić information content (AvgIpc) is 3.33. The normalized spacial score (nSPS) is 23.4. The lowest BCUT2D eigenvalue weighted by molar-refractivity contribution is -0.148. The van der Waals surface area contributed by atoms with Gasteiger partial charge >= 0.3 is 12.0 Å². The number of ketones is 1. The van der Waals surface area contributed by atoms with Gasteiger partial charge in [-0.05, 0) is 68.8 Å². The number of rotatable bonds is 16. The Kier molecular flexibility index (Phi) is 13.2. The minimum Gasteiger partial charge on any atom is -0.461 e. The lowest BCUT2D eigenvalue weighted by atomic mass is 9.83. The van der Waals surface area contributed by atoms with Crippen LogP contribution in [0.3, 0.4) is 0 Å². The molecule has 0 spiro atoms. The molecule has 3 fully saturated rings. The Morgan fingerprint density at radius 2 is 1.68 bits per heavy atom. The summed E-state index contributed by atoms with van der Waals surface area (Å²) in [4.78, 5) is 81.7. The lowest BCUT2D eigenvalue weighted by Gasteiger charge is -2.37. The quantitative estimate of drug-likeness (QED) is 0.113. The molecule has 1 unspecified atom stereocenters. The Morgan fingerprint density at radius 1 is 1.02 bits per heavy atom. The number of Topliss-reactive ketones (excluding diaryl/α,β-unsaturated/α-hetero) is 1. The van der Waals surface area contributed by atoms with E-state index in [-0.39, 0.29) is 42.0 Å². The van der Waals surface area contributed by atoms with Crippen LogP contribution < -0.4 is 21.3 Å². The molecule has 0 bridgehead atoms. The van der Waals surface area contributed by atoms with Gasteiger partial charge in [-0.3, -0.25) is 19.2 Å². The number of piperidine rings is 1. The Labute approximate surface area is 279 Å². The van der Waals surface area contributed by atoms with E-state index in [1.165, 1.54) is 6.08 Å². The zero-order valence-electron chi connectivity index (χ0n) is 29.0. The van der Waals surface area contributed by atoms with E-state index < -0.39 is 59.9 Å². The van der Waals surface area contributed by atoms with Crippen molar-refractivity contribution < 1.29 is 33.5 Å². The minimum atomic E-state index is -1.10. The van der Waals surface area contributed by atoms with Crippen molar-refractivity contribution in [1.29, 1.82) is 0 Å². The number of nitrogens with zero attached hydrogens (tertiary/aromatic N) is 1. The average molecular weight is 658 g/mol. The van der Waals surface area contributed by atoms with Gasteiger partial charge in [0.05, 0.1) is 12.1 Å². The number of fused-ring (bicyclic) bond motifs is 1. The summed E-state index contributed by atoms with van der Waals surface area (Å²) in [7, 11) is 0. The minimum absolute atomic E-state index is 0.0716. The van der Waals surface area contributed by atoms with Crippen LogP contribution in [-0.2, 0) is 28.7 Å². The summed E-state index contributed by atoms with van der Waals surface area (Å²) in [5.74, 6) is -3.25. The van der Waals surface area contributed by atoms with Gasteiger partial charge in [-0.2, -0.15) is 0 Å². The number of amides is 5. The topological polar surface area (TPSA) is 163 Å². The van der Waals surface area contributed by atoms with Crippen molar-refractivity contribution in [3.63, 3.8) is 0 Å². The standard InChI is InChI=1S/C35H55N5O7/c1-9-11-17-24(29(41)31(43)36-18-10-2)37-30(42)28-25-23(35(25,7)8)19-40(28)32(44)27(22-15-13-12-14-16-22)39-34(46)38-26(20(3)4)33(45)47-21(5)6/h10,21-28H,2-3,9,11-19H2,1,4-8H3,(H,36,43)(H,37,42)(H2,38,39,46)/t23-,24?,25-,26-,27-,28-/m0/s1. The third-order valence-electron chi connectivity index (χ3n) is 9.90. The summed E-state index contributed by atoms with van der Waals surface area (Å²) < 4.78 is 5.29. The van der Waals surface area contributed by atoms with E-state index in [4.69, 9.17) is 4.74 Å². The monoisotopic (exact) mass is 657 g/mol. The number of unbranched alkanes of at least 4 members (excludes halogenated alkanes) is 1. The van der Waals surface area contributed by atoms with Crippen LogP contribution in [0, 0.1) is 23.2 Å². The van der Waals surface area contributed by atoms with Crippen LogP contribution in [0.2, 0.25) is 0 Å². The molecule has 6 atom stereocenters. The number of hydrogen-bond acceptors (Lipinski definition) is 7. The first-order valence-electron chi connectivity index (χ1n) is 17.1. The van der Waals surface area contributed by atoms with Crippen LogP contribution >= 0.6 is 0 Å². The van der Waals surface area contributed by atoms with Gasteiger partial charge in [-0.25, -0.2) is 9.59 Å². The highest BCUT2D eigenvalue weighted by atomic mass is 16.5. The van der Waals surface area contributed by atoms with Gasteiger partial charge in [0.25, 0.3) is 5.91 Å². The molecule has 0 aromatic heterocycles. The van der Waals surface area contributed by atoms with Crippen molar-refractivity contribution in [3.05, 3.63) is 24.8 Å². The highest BCUT2D eigenvalue weighted by Crippen LogP contribution is 2.65. The Balaban J connectivity index is 1.86. The Hall–Kier alpha value is -3.70. The molecule has 12 heteroatoms. The fourth-order valence-corrected chi connectivity index (χ4v) is 7.18. The van der Waals surface area contributed by atoms with Gasteiger partial charge in [0, 0.05) is 13.1 Å². The van der Waals surface area contributed by atoms with Gasteiger partial charge in [-0.15, -0.1) is 6.58 Å². The maximum absolute atomic E-state index is 14.4. The molecule has 2 aliphatic carbocycles. The van der Waals surface area contributed by atoms with Gasteiger partial charge in [0.15, 0.2) is 0 Å². The molecule has 0 aromatic carbocycles. The summed E-state index contributed by atoms with van der Waals surface area (Å²) in [6.45, 7) is 18.9. The van der Waals surface area contributed by atoms with Crippen LogP contribution in [0.5, 0.6) is 0 Å². The third-order valence-corrected chi connectivity index (χ3v) is 9.90. The number of likely N-dealkylation sites (tertiary alicyclic amines) is 1. The molecule has 262 valence electrons. The molecule has 1 aliphatic heterocycles. The molecule has 5 amide bonds. The molecular weight excluding hydrogens is 602 g/mol. The van der Waals surface area contributed by atoms with Crippen molar-refractivity contribution in [2.75, 3.05) is 13.1 Å². The molecule has 47 heavy (non-hydrogen) atoms. The fourth-order valence-electron chi connectivity index (χ4n) is 7.18. The van der Waals surface area contributed by atoms with E-state index in [2.05, 4.69) is 48.3 Å². The number of urea groups is 1. The van der Waals surface area contributed by atoms with Crippen LogP contribution in [0.25, 0.3) is 0 Å². The SMILES string of the molecule is C=CCNC(=O)C(=O)C(CCCC)NC(=O)[C@@H]1[C@@H]2[C@H](CN1C(=O)[C@@H](NC(=O)N[C@@H](C(=C)C)C(=O)OC(C)C)C1CCCCC1)C2(C)C. The largest absolute Gasteiger partial charge is 0.461 e. The van der Waals surface area contributed by atoms with Crippen LogP contribution in [0.15, 0.2) is 24.8 Å². The number of ether oxygens (including phenoxy) is 1. The molecule has 12 nitrogen and oxygen atoms in total. The van der Waals surface area contributed by atoms with Crippen LogP contribution in [0.1, 0.15) is 92.9 Å². The van der Waals surface area contributed by atoms with E-state index >= 15 is 0 Å². The number of esters is 1. The molecule has 3 rings (SSSR count).